The monoisotopic (exact) mass is 330 g/mol. The minimum Gasteiger partial charge on any atom is -0.325 e. The van der Waals surface area contributed by atoms with Crippen LogP contribution in [0.25, 0.3) is 0 Å². The minimum atomic E-state index is -0.523. The molecule has 1 heterocycles. The standard InChI is InChI=1S/C16H18N4O2S/c1-3-4-5-12-6-8-13(9-7-12)17-14(21)10-23-16-18-15(22)11(2)19-20-16/h6-9H,2-5,10H2,1H3,(H,17,21). The van der Waals surface area contributed by atoms with E-state index in [2.05, 4.69) is 34.0 Å². The van der Waals surface area contributed by atoms with Crippen LogP contribution < -0.4 is 5.32 Å². The number of hydrogen-bond donors (Lipinski definition) is 1. The summed E-state index contributed by atoms with van der Waals surface area (Å²) in [6.07, 6.45) is 3.36. The molecular formula is C16H18N4O2S. The number of nitrogens with zero attached hydrogens (tertiary/aromatic N) is 3. The maximum atomic E-state index is 11.9. The molecule has 1 aromatic rings. The van der Waals surface area contributed by atoms with E-state index < -0.39 is 5.91 Å². The Kier molecular flexibility index (Phi) is 6.22. The Labute approximate surface area is 139 Å². The Hall–Kier alpha value is -2.28. The number of aryl methyl sites for hydroxylation is 1. The van der Waals surface area contributed by atoms with Crippen molar-refractivity contribution in [3.05, 3.63) is 42.1 Å². The van der Waals surface area contributed by atoms with Crippen LogP contribution in [0.2, 0.25) is 0 Å². The number of rotatable bonds is 6. The molecule has 0 aliphatic carbocycles. The number of nitrogens with one attached hydrogen (secondary N) is 1. The molecule has 1 N–H and O–H groups in total. The van der Waals surface area contributed by atoms with E-state index in [0.717, 1.165) is 36.7 Å². The van der Waals surface area contributed by atoms with Crippen molar-refractivity contribution in [3.63, 3.8) is 0 Å². The Morgan fingerprint density at radius 3 is 2.65 bits per heavy atom. The third-order valence-electron chi connectivity index (χ3n) is 3.09. The first-order valence-corrected chi connectivity index (χ1v) is 8.32. The van der Waals surface area contributed by atoms with E-state index in [-0.39, 0.29) is 22.5 Å². The first-order valence-electron chi connectivity index (χ1n) is 7.33. The molecule has 1 aliphatic heterocycles. The van der Waals surface area contributed by atoms with E-state index in [9.17, 15) is 9.59 Å². The molecule has 23 heavy (non-hydrogen) atoms. The number of amides is 2. The van der Waals surface area contributed by atoms with E-state index in [4.69, 9.17) is 0 Å². The van der Waals surface area contributed by atoms with Crippen LogP contribution in [-0.2, 0) is 16.0 Å². The molecule has 6 nitrogen and oxygen atoms in total. The second-order valence-electron chi connectivity index (χ2n) is 4.98. The normalized spacial score (nSPS) is 13.9. The van der Waals surface area contributed by atoms with Gasteiger partial charge in [-0.3, -0.25) is 9.59 Å². The van der Waals surface area contributed by atoms with Gasteiger partial charge in [0.15, 0.2) is 0 Å². The second-order valence-corrected chi connectivity index (χ2v) is 5.93. The molecule has 2 rings (SSSR count). The summed E-state index contributed by atoms with van der Waals surface area (Å²) >= 11 is 1.06. The van der Waals surface area contributed by atoms with E-state index in [1.54, 1.807) is 0 Å². The van der Waals surface area contributed by atoms with Crippen LogP contribution in [0.5, 0.6) is 0 Å². The van der Waals surface area contributed by atoms with Crippen LogP contribution in [0.15, 0.2) is 51.8 Å². The molecule has 7 heteroatoms. The lowest BCUT2D eigenvalue weighted by Gasteiger charge is -2.07. The van der Waals surface area contributed by atoms with Gasteiger partial charge in [0.2, 0.25) is 11.1 Å². The molecule has 1 aliphatic rings. The number of azo groups is 1. The zero-order valence-corrected chi connectivity index (χ0v) is 13.7. The molecular weight excluding hydrogens is 312 g/mol. The fraction of sp³-hybridized carbons (Fsp3) is 0.312. The summed E-state index contributed by atoms with van der Waals surface area (Å²) in [5.41, 5.74) is 2.00. The number of aliphatic imine (C=N–C) groups is 1. The van der Waals surface area contributed by atoms with Gasteiger partial charge in [-0.15, -0.1) is 10.2 Å². The van der Waals surface area contributed by atoms with Gasteiger partial charge in [0.05, 0.1) is 5.75 Å². The van der Waals surface area contributed by atoms with Crippen LogP contribution in [0.3, 0.4) is 0 Å². The maximum Gasteiger partial charge on any atom is 0.299 e. The molecule has 0 atom stereocenters. The summed E-state index contributed by atoms with van der Waals surface area (Å²) < 4.78 is 0. The number of carbonyl (C=O) groups is 2. The number of unbranched alkanes of at least 4 members (excludes halogenated alkanes) is 1. The number of carbonyl (C=O) groups excluding carboxylic acids is 2. The van der Waals surface area contributed by atoms with E-state index in [0.29, 0.717) is 0 Å². The average molecular weight is 330 g/mol. The van der Waals surface area contributed by atoms with Gasteiger partial charge >= 0.3 is 0 Å². The van der Waals surface area contributed by atoms with Crippen molar-refractivity contribution >= 4 is 34.4 Å². The lowest BCUT2D eigenvalue weighted by atomic mass is 10.1. The van der Waals surface area contributed by atoms with Gasteiger partial charge in [0, 0.05) is 5.69 Å². The fourth-order valence-electron chi connectivity index (χ4n) is 1.84. The summed E-state index contributed by atoms with van der Waals surface area (Å²) in [5, 5.41) is 10.3. The van der Waals surface area contributed by atoms with Crippen LogP contribution in [-0.4, -0.2) is 22.7 Å². The average Bonchev–Trinajstić information content (AvgIpc) is 2.55. The molecule has 0 spiro atoms. The van der Waals surface area contributed by atoms with Crippen molar-refractivity contribution in [2.24, 2.45) is 15.2 Å². The van der Waals surface area contributed by atoms with Crippen molar-refractivity contribution in [1.82, 2.24) is 0 Å². The predicted molar refractivity (Wildman–Crippen MR) is 92.6 cm³/mol. The van der Waals surface area contributed by atoms with Crippen LogP contribution in [0, 0.1) is 0 Å². The molecule has 0 saturated heterocycles. The number of anilines is 1. The highest BCUT2D eigenvalue weighted by molar-refractivity contribution is 8.14. The Bertz CT molecular complexity index is 665. The van der Waals surface area contributed by atoms with Crippen molar-refractivity contribution in [2.75, 3.05) is 11.1 Å². The van der Waals surface area contributed by atoms with Crippen molar-refractivity contribution in [2.45, 2.75) is 26.2 Å². The molecule has 2 amide bonds. The third kappa shape index (κ3) is 5.45. The maximum absolute atomic E-state index is 11.9. The largest absolute Gasteiger partial charge is 0.325 e. The van der Waals surface area contributed by atoms with Crippen LogP contribution >= 0.6 is 11.8 Å². The first-order chi connectivity index (χ1) is 11.1. The van der Waals surface area contributed by atoms with Gasteiger partial charge in [-0.25, -0.2) is 0 Å². The number of amidine groups is 1. The predicted octanol–water partition coefficient (Wildman–Crippen LogP) is 3.56. The number of thioether (sulfide) groups is 1. The molecule has 0 aromatic heterocycles. The Morgan fingerprint density at radius 1 is 1.26 bits per heavy atom. The molecule has 0 radical (unpaired) electrons. The van der Waals surface area contributed by atoms with E-state index >= 15 is 0 Å². The summed E-state index contributed by atoms with van der Waals surface area (Å²) in [4.78, 5) is 26.9. The quantitative estimate of drug-likeness (QED) is 0.809. The van der Waals surface area contributed by atoms with Gasteiger partial charge in [0.1, 0.15) is 5.70 Å². The number of benzene rings is 1. The highest BCUT2D eigenvalue weighted by Crippen LogP contribution is 2.16. The Morgan fingerprint density at radius 2 is 2.00 bits per heavy atom. The molecule has 0 fully saturated rings. The van der Waals surface area contributed by atoms with E-state index in [1.807, 2.05) is 24.3 Å². The lowest BCUT2D eigenvalue weighted by molar-refractivity contribution is -0.115. The van der Waals surface area contributed by atoms with Crippen molar-refractivity contribution < 1.29 is 9.59 Å². The lowest BCUT2D eigenvalue weighted by Crippen LogP contribution is -2.15. The zero-order valence-electron chi connectivity index (χ0n) is 12.9. The molecule has 0 saturated carbocycles. The first kappa shape index (κ1) is 17.1. The highest BCUT2D eigenvalue weighted by atomic mass is 32.2. The smallest absolute Gasteiger partial charge is 0.299 e. The minimum absolute atomic E-state index is 0.00182. The molecule has 1 aromatic carbocycles. The zero-order chi connectivity index (χ0) is 16.7. The van der Waals surface area contributed by atoms with Gasteiger partial charge < -0.3 is 5.32 Å². The molecule has 0 unspecified atom stereocenters. The number of hydrogen-bond acceptors (Lipinski definition) is 5. The van der Waals surface area contributed by atoms with Gasteiger partial charge in [-0.1, -0.05) is 43.8 Å². The van der Waals surface area contributed by atoms with Gasteiger partial charge in [-0.05, 0) is 30.5 Å². The van der Waals surface area contributed by atoms with Gasteiger partial charge in [-0.2, -0.15) is 4.99 Å². The molecule has 0 bridgehead atoms. The summed E-state index contributed by atoms with van der Waals surface area (Å²) in [7, 11) is 0. The second kappa shape index (κ2) is 8.38. The summed E-state index contributed by atoms with van der Waals surface area (Å²) in [6.45, 7) is 5.56. The molecule has 120 valence electrons. The fourth-order valence-corrected chi connectivity index (χ4v) is 2.42. The Balaban J connectivity index is 1.81. The SMILES string of the molecule is C=C1N=NC(SCC(=O)Nc2ccc(CCCC)cc2)=NC1=O. The summed E-state index contributed by atoms with van der Waals surface area (Å²) in [6, 6.07) is 7.81. The summed E-state index contributed by atoms with van der Waals surface area (Å²) in [5.74, 6) is -0.605. The van der Waals surface area contributed by atoms with Crippen LogP contribution in [0.4, 0.5) is 5.69 Å². The highest BCUT2D eigenvalue weighted by Gasteiger charge is 2.14. The van der Waals surface area contributed by atoms with Crippen LogP contribution in [0.1, 0.15) is 25.3 Å². The third-order valence-corrected chi connectivity index (χ3v) is 3.93. The van der Waals surface area contributed by atoms with Gasteiger partial charge in [0.25, 0.3) is 5.91 Å². The van der Waals surface area contributed by atoms with Crippen molar-refractivity contribution in [3.8, 4) is 0 Å². The topological polar surface area (TPSA) is 83.2 Å². The van der Waals surface area contributed by atoms with Crippen molar-refractivity contribution in [1.29, 1.82) is 0 Å². The van der Waals surface area contributed by atoms with E-state index in [1.165, 1.54) is 5.56 Å².